The molecule has 0 saturated heterocycles. The molecule has 0 radical (unpaired) electrons. The van der Waals surface area contributed by atoms with Crippen molar-refractivity contribution in [3.8, 4) is 17.2 Å². The van der Waals surface area contributed by atoms with Gasteiger partial charge in [-0.05, 0) is 36.8 Å². The van der Waals surface area contributed by atoms with Gasteiger partial charge < -0.3 is 24.8 Å². The van der Waals surface area contributed by atoms with Crippen LogP contribution in [0.5, 0.6) is 17.2 Å². The molecule has 138 valence electrons. The summed E-state index contributed by atoms with van der Waals surface area (Å²) < 4.78 is 15.5. The quantitative estimate of drug-likeness (QED) is 0.743. The van der Waals surface area contributed by atoms with E-state index in [0.29, 0.717) is 28.6 Å². The van der Waals surface area contributed by atoms with Gasteiger partial charge in [-0.3, -0.25) is 9.59 Å². The number of aryl methyl sites for hydroxylation is 1. The molecule has 0 bridgehead atoms. The molecule has 0 saturated carbocycles. The lowest BCUT2D eigenvalue weighted by Crippen LogP contribution is -2.22. The molecule has 0 aromatic heterocycles. The molecular weight excluding hydrogens is 336 g/mol. The van der Waals surface area contributed by atoms with Gasteiger partial charge in [0, 0.05) is 6.07 Å². The van der Waals surface area contributed by atoms with Crippen molar-refractivity contribution in [1.29, 1.82) is 0 Å². The Morgan fingerprint density at radius 1 is 0.808 bits per heavy atom. The van der Waals surface area contributed by atoms with Crippen LogP contribution in [0.25, 0.3) is 0 Å². The van der Waals surface area contributed by atoms with Crippen LogP contribution in [-0.4, -0.2) is 33.1 Å². The maximum Gasteiger partial charge on any atom is 0.233 e. The highest BCUT2D eigenvalue weighted by Crippen LogP contribution is 2.29. The fourth-order valence-corrected chi connectivity index (χ4v) is 2.37. The number of nitrogens with one attached hydrogen (secondary N) is 2. The molecule has 2 N–H and O–H groups in total. The van der Waals surface area contributed by atoms with Gasteiger partial charge in [0.25, 0.3) is 0 Å². The van der Waals surface area contributed by atoms with Crippen molar-refractivity contribution in [2.75, 3.05) is 32.0 Å². The van der Waals surface area contributed by atoms with Gasteiger partial charge in [-0.1, -0.05) is 6.07 Å². The Morgan fingerprint density at radius 3 is 1.88 bits per heavy atom. The zero-order valence-electron chi connectivity index (χ0n) is 15.2. The fourth-order valence-electron chi connectivity index (χ4n) is 2.37. The van der Waals surface area contributed by atoms with Crippen LogP contribution in [0.2, 0.25) is 0 Å². The van der Waals surface area contributed by atoms with Gasteiger partial charge in [0.2, 0.25) is 11.8 Å². The Bertz CT molecular complexity index is 805. The average molecular weight is 358 g/mol. The molecule has 0 unspecified atom stereocenters. The third-order valence-corrected chi connectivity index (χ3v) is 3.63. The van der Waals surface area contributed by atoms with E-state index in [-0.39, 0.29) is 6.42 Å². The number of rotatable bonds is 7. The fraction of sp³-hybridized carbons (Fsp3) is 0.263. The van der Waals surface area contributed by atoms with Crippen LogP contribution < -0.4 is 24.8 Å². The Morgan fingerprint density at radius 2 is 1.35 bits per heavy atom. The molecule has 0 aliphatic rings. The number of carbonyl (C=O) groups excluding carboxylic acids is 2. The second-order valence-electron chi connectivity index (χ2n) is 5.54. The number of benzene rings is 2. The largest absolute Gasteiger partial charge is 0.497 e. The summed E-state index contributed by atoms with van der Waals surface area (Å²) in [6.45, 7) is 1.90. The first kappa shape index (κ1) is 19.1. The highest BCUT2D eigenvalue weighted by atomic mass is 16.5. The first-order valence-corrected chi connectivity index (χ1v) is 7.93. The highest BCUT2D eigenvalue weighted by molar-refractivity contribution is 6.08. The molecule has 0 atom stereocenters. The minimum atomic E-state index is -0.472. The molecule has 2 aromatic carbocycles. The Kier molecular flexibility index (Phi) is 6.43. The molecule has 2 aromatic rings. The minimum absolute atomic E-state index is 0.350. The topological polar surface area (TPSA) is 85.9 Å². The smallest absolute Gasteiger partial charge is 0.233 e. The van der Waals surface area contributed by atoms with Crippen LogP contribution in [-0.2, 0) is 9.59 Å². The molecule has 0 fully saturated rings. The summed E-state index contributed by atoms with van der Waals surface area (Å²) in [5, 5.41) is 5.35. The summed E-state index contributed by atoms with van der Waals surface area (Å²) in [4.78, 5) is 24.4. The zero-order chi connectivity index (χ0) is 19.1. The van der Waals surface area contributed by atoms with Gasteiger partial charge >= 0.3 is 0 Å². The van der Waals surface area contributed by atoms with E-state index in [9.17, 15) is 9.59 Å². The molecule has 0 aliphatic heterocycles. The third-order valence-electron chi connectivity index (χ3n) is 3.63. The van der Waals surface area contributed by atoms with E-state index in [1.54, 1.807) is 30.3 Å². The molecule has 2 amide bonds. The lowest BCUT2D eigenvalue weighted by molar-refractivity contribution is -0.123. The summed E-state index contributed by atoms with van der Waals surface area (Å²) >= 11 is 0. The Labute approximate surface area is 152 Å². The number of hydrogen-bond donors (Lipinski definition) is 2. The monoisotopic (exact) mass is 358 g/mol. The summed E-state index contributed by atoms with van der Waals surface area (Å²) in [5.41, 5.74) is 1.91. The number of methoxy groups -OCH3 is 3. The number of hydrogen-bond acceptors (Lipinski definition) is 5. The van der Waals surface area contributed by atoms with E-state index < -0.39 is 11.8 Å². The summed E-state index contributed by atoms with van der Waals surface area (Å²) in [6, 6.07) is 10.4. The van der Waals surface area contributed by atoms with Crippen LogP contribution in [0.1, 0.15) is 12.0 Å². The lowest BCUT2D eigenvalue weighted by atomic mass is 10.2. The first-order valence-electron chi connectivity index (χ1n) is 7.93. The molecular formula is C19H22N2O5. The minimum Gasteiger partial charge on any atom is -0.497 e. The van der Waals surface area contributed by atoms with Crippen molar-refractivity contribution in [2.24, 2.45) is 0 Å². The van der Waals surface area contributed by atoms with E-state index in [0.717, 1.165) is 5.56 Å². The maximum atomic E-state index is 12.2. The van der Waals surface area contributed by atoms with Crippen molar-refractivity contribution in [1.82, 2.24) is 0 Å². The average Bonchev–Trinajstić information content (AvgIpc) is 2.61. The van der Waals surface area contributed by atoms with Crippen LogP contribution in [0.15, 0.2) is 36.4 Å². The molecule has 0 heterocycles. The third kappa shape index (κ3) is 4.89. The van der Waals surface area contributed by atoms with Gasteiger partial charge in [0.1, 0.15) is 23.7 Å². The van der Waals surface area contributed by atoms with Crippen LogP contribution >= 0.6 is 0 Å². The van der Waals surface area contributed by atoms with Gasteiger partial charge in [-0.15, -0.1) is 0 Å². The normalized spacial score (nSPS) is 10.0. The first-order chi connectivity index (χ1) is 12.5. The van der Waals surface area contributed by atoms with Crippen LogP contribution in [0, 0.1) is 6.92 Å². The van der Waals surface area contributed by atoms with Crippen LogP contribution in [0.4, 0.5) is 11.4 Å². The van der Waals surface area contributed by atoms with Gasteiger partial charge in [0.05, 0.1) is 32.7 Å². The van der Waals surface area contributed by atoms with E-state index >= 15 is 0 Å². The standard InChI is InChI=1S/C19H22N2O5/c1-12-5-7-16(25-3)14(9-12)20-18(22)11-19(23)21-15-10-13(24-2)6-8-17(15)26-4/h5-10H,11H2,1-4H3,(H,20,22)(H,21,23). The summed E-state index contributed by atoms with van der Waals surface area (Å²) in [5.74, 6) is 0.641. The van der Waals surface area contributed by atoms with Crippen molar-refractivity contribution in [2.45, 2.75) is 13.3 Å². The number of ether oxygens (including phenoxy) is 3. The predicted octanol–water partition coefficient (Wildman–Crippen LogP) is 2.99. The second-order valence-corrected chi connectivity index (χ2v) is 5.54. The van der Waals surface area contributed by atoms with Crippen molar-refractivity contribution in [3.63, 3.8) is 0 Å². The SMILES string of the molecule is COc1ccc(OC)c(NC(=O)CC(=O)Nc2cc(C)ccc2OC)c1. The maximum absolute atomic E-state index is 12.2. The molecule has 7 heteroatoms. The van der Waals surface area contributed by atoms with Gasteiger partial charge in [0.15, 0.2) is 0 Å². The molecule has 0 spiro atoms. The van der Waals surface area contributed by atoms with Gasteiger partial charge in [-0.25, -0.2) is 0 Å². The number of anilines is 2. The molecule has 7 nitrogen and oxygen atoms in total. The number of amides is 2. The second kappa shape index (κ2) is 8.75. The number of carbonyl (C=O) groups is 2. The Balaban J connectivity index is 2.04. The van der Waals surface area contributed by atoms with Crippen LogP contribution in [0.3, 0.4) is 0 Å². The Hall–Kier alpha value is -3.22. The molecule has 2 rings (SSSR count). The van der Waals surface area contributed by atoms with Gasteiger partial charge in [-0.2, -0.15) is 0 Å². The van der Waals surface area contributed by atoms with Crippen molar-refractivity contribution < 1.29 is 23.8 Å². The molecule has 26 heavy (non-hydrogen) atoms. The predicted molar refractivity (Wildman–Crippen MR) is 99.2 cm³/mol. The summed E-state index contributed by atoms with van der Waals surface area (Å²) in [7, 11) is 4.53. The van der Waals surface area contributed by atoms with E-state index in [2.05, 4.69) is 10.6 Å². The molecule has 0 aliphatic carbocycles. The van der Waals surface area contributed by atoms with E-state index in [1.807, 2.05) is 13.0 Å². The summed E-state index contributed by atoms with van der Waals surface area (Å²) in [6.07, 6.45) is -0.350. The van der Waals surface area contributed by atoms with Crippen molar-refractivity contribution >= 4 is 23.2 Å². The van der Waals surface area contributed by atoms with E-state index in [1.165, 1.54) is 21.3 Å². The lowest BCUT2D eigenvalue weighted by Gasteiger charge is -2.13. The highest BCUT2D eigenvalue weighted by Gasteiger charge is 2.15. The zero-order valence-corrected chi connectivity index (χ0v) is 15.2. The van der Waals surface area contributed by atoms with Crippen molar-refractivity contribution in [3.05, 3.63) is 42.0 Å². The van der Waals surface area contributed by atoms with E-state index in [4.69, 9.17) is 14.2 Å².